The van der Waals surface area contributed by atoms with Gasteiger partial charge in [0.1, 0.15) is 11.5 Å². The topological polar surface area (TPSA) is 43.9 Å². The first-order valence-corrected chi connectivity index (χ1v) is 10.2. The molecule has 0 atom stereocenters. The van der Waals surface area contributed by atoms with E-state index in [1.54, 1.807) is 12.1 Å². The third-order valence-electron chi connectivity index (χ3n) is 5.87. The minimum atomic E-state index is -0.343. The predicted octanol–water partition coefficient (Wildman–Crippen LogP) is 2.97. The molecule has 2 aliphatic rings. The van der Waals surface area contributed by atoms with Crippen LogP contribution in [-0.4, -0.2) is 59.7 Å². The van der Waals surface area contributed by atoms with E-state index in [2.05, 4.69) is 11.9 Å². The van der Waals surface area contributed by atoms with Crippen molar-refractivity contribution in [2.75, 3.05) is 33.2 Å². The van der Waals surface area contributed by atoms with E-state index in [0.29, 0.717) is 24.4 Å². The van der Waals surface area contributed by atoms with Crippen LogP contribution >= 0.6 is 0 Å². The Bertz CT molecular complexity index is 1020. The molecule has 0 aromatic heterocycles. The van der Waals surface area contributed by atoms with Crippen molar-refractivity contribution >= 4 is 17.4 Å². The van der Waals surface area contributed by atoms with Crippen molar-refractivity contribution in [2.45, 2.75) is 20.4 Å². The first kappa shape index (κ1) is 20.3. The van der Waals surface area contributed by atoms with E-state index < -0.39 is 0 Å². The fraction of sp³-hybridized carbons (Fsp3) is 0.333. The van der Waals surface area contributed by atoms with Crippen LogP contribution < -0.4 is 0 Å². The second kappa shape index (κ2) is 8.03. The van der Waals surface area contributed by atoms with Gasteiger partial charge in [0, 0.05) is 26.2 Å². The van der Waals surface area contributed by atoms with Crippen LogP contribution in [-0.2, 0) is 16.1 Å². The number of rotatable bonds is 4. The molecular weight excluding hydrogens is 381 g/mol. The van der Waals surface area contributed by atoms with E-state index in [-0.39, 0.29) is 24.2 Å². The van der Waals surface area contributed by atoms with E-state index in [4.69, 9.17) is 0 Å². The third-order valence-corrected chi connectivity index (χ3v) is 5.87. The summed E-state index contributed by atoms with van der Waals surface area (Å²) < 4.78 is 13.3. The molecule has 6 heteroatoms. The summed E-state index contributed by atoms with van der Waals surface area (Å²) in [6, 6.07) is 11.9. The average Bonchev–Trinajstić information content (AvgIpc) is 2.95. The van der Waals surface area contributed by atoms with Gasteiger partial charge in [-0.2, -0.15) is 0 Å². The van der Waals surface area contributed by atoms with Crippen molar-refractivity contribution in [1.29, 1.82) is 0 Å². The number of imide groups is 1. The Morgan fingerprint density at radius 2 is 1.57 bits per heavy atom. The molecule has 0 unspecified atom stereocenters. The summed E-state index contributed by atoms with van der Waals surface area (Å²) in [6.45, 7) is 7.18. The lowest BCUT2D eigenvalue weighted by Gasteiger charge is -2.34. The Hall–Kier alpha value is -2.99. The molecular formula is C24H26FN3O2. The lowest BCUT2D eigenvalue weighted by molar-refractivity contribution is -0.138. The third kappa shape index (κ3) is 3.75. The molecule has 0 radical (unpaired) electrons. The van der Waals surface area contributed by atoms with Crippen molar-refractivity contribution < 1.29 is 14.0 Å². The van der Waals surface area contributed by atoms with Crippen LogP contribution in [0.5, 0.6) is 0 Å². The Balaban J connectivity index is 1.75. The van der Waals surface area contributed by atoms with E-state index in [1.807, 2.05) is 36.9 Å². The number of hydrogen-bond acceptors (Lipinski definition) is 4. The van der Waals surface area contributed by atoms with Gasteiger partial charge in [-0.15, -0.1) is 0 Å². The van der Waals surface area contributed by atoms with Crippen molar-refractivity contribution in [1.82, 2.24) is 14.7 Å². The Kier molecular flexibility index (Phi) is 5.43. The summed E-state index contributed by atoms with van der Waals surface area (Å²) in [4.78, 5) is 32.5. The summed E-state index contributed by atoms with van der Waals surface area (Å²) in [5.74, 6) is -0.904. The van der Waals surface area contributed by atoms with Gasteiger partial charge >= 0.3 is 0 Å². The second-order valence-electron chi connectivity index (χ2n) is 8.16. The first-order chi connectivity index (χ1) is 14.3. The zero-order valence-electron chi connectivity index (χ0n) is 17.6. The maximum atomic E-state index is 13.5. The number of piperazine rings is 1. The number of carbonyl (C=O) groups excluding carboxylic acids is 2. The molecule has 2 aliphatic heterocycles. The van der Waals surface area contributed by atoms with Gasteiger partial charge < -0.3 is 9.80 Å². The number of amides is 2. The molecule has 5 nitrogen and oxygen atoms in total. The molecule has 0 N–H and O–H groups in total. The highest BCUT2D eigenvalue weighted by Crippen LogP contribution is 2.34. The molecule has 1 saturated heterocycles. The van der Waals surface area contributed by atoms with Crippen LogP contribution in [0, 0.1) is 19.7 Å². The summed E-state index contributed by atoms with van der Waals surface area (Å²) in [5, 5.41) is 0. The van der Waals surface area contributed by atoms with Gasteiger partial charge in [0.25, 0.3) is 11.8 Å². The summed E-state index contributed by atoms with van der Waals surface area (Å²) in [7, 11) is 2.05. The van der Waals surface area contributed by atoms with Crippen molar-refractivity contribution in [3.05, 3.63) is 76.2 Å². The summed E-state index contributed by atoms with van der Waals surface area (Å²) in [6.07, 6.45) is 0. The number of halogens is 1. The van der Waals surface area contributed by atoms with Crippen molar-refractivity contribution in [3.63, 3.8) is 0 Å². The van der Waals surface area contributed by atoms with Crippen molar-refractivity contribution in [2.24, 2.45) is 0 Å². The molecule has 2 aromatic carbocycles. The molecule has 2 heterocycles. The number of carbonyl (C=O) groups is 2. The van der Waals surface area contributed by atoms with Gasteiger partial charge in [-0.1, -0.05) is 35.9 Å². The van der Waals surface area contributed by atoms with Crippen LogP contribution in [0.3, 0.4) is 0 Å². The SMILES string of the molecule is Cc1ccc(C2=C(N3CCN(C)CC3)C(=O)N(Cc3ccc(F)cc3)C2=O)c(C)c1. The Labute approximate surface area is 176 Å². The number of nitrogens with zero attached hydrogens (tertiary/aromatic N) is 3. The largest absolute Gasteiger partial charge is 0.364 e. The highest BCUT2D eigenvalue weighted by atomic mass is 19.1. The molecule has 1 fully saturated rings. The maximum Gasteiger partial charge on any atom is 0.278 e. The van der Waals surface area contributed by atoms with Crippen LogP contribution in [0.4, 0.5) is 4.39 Å². The molecule has 0 spiro atoms. The second-order valence-corrected chi connectivity index (χ2v) is 8.16. The lowest BCUT2D eigenvalue weighted by Crippen LogP contribution is -2.46. The predicted molar refractivity (Wildman–Crippen MR) is 114 cm³/mol. The number of hydrogen-bond donors (Lipinski definition) is 0. The molecule has 30 heavy (non-hydrogen) atoms. The van der Waals surface area contributed by atoms with Gasteiger partial charge in [0.2, 0.25) is 0 Å². The molecule has 156 valence electrons. The highest BCUT2D eigenvalue weighted by molar-refractivity contribution is 6.35. The fourth-order valence-corrected chi connectivity index (χ4v) is 4.14. The summed E-state index contributed by atoms with van der Waals surface area (Å²) >= 11 is 0. The van der Waals surface area contributed by atoms with Crippen LogP contribution in [0.15, 0.2) is 48.2 Å². The van der Waals surface area contributed by atoms with Gasteiger partial charge in [-0.25, -0.2) is 4.39 Å². The number of benzene rings is 2. The average molecular weight is 407 g/mol. The van der Waals surface area contributed by atoms with E-state index in [0.717, 1.165) is 35.3 Å². The number of likely N-dealkylation sites (N-methyl/N-ethyl adjacent to an activating group) is 1. The zero-order valence-corrected chi connectivity index (χ0v) is 17.6. The lowest BCUT2D eigenvalue weighted by atomic mass is 9.97. The Morgan fingerprint density at radius 3 is 2.20 bits per heavy atom. The van der Waals surface area contributed by atoms with Gasteiger partial charge in [-0.3, -0.25) is 14.5 Å². The van der Waals surface area contributed by atoms with E-state index >= 15 is 0 Å². The molecule has 0 saturated carbocycles. The molecule has 0 bridgehead atoms. The van der Waals surface area contributed by atoms with Gasteiger partial charge in [-0.05, 0) is 49.7 Å². The van der Waals surface area contributed by atoms with Gasteiger partial charge in [0.05, 0.1) is 12.1 Å². The van der Waals surface area contributed by atoms with E-state index in [9.17, 15) is 14.0 Å². The van der Waals surface area contributed by atoms with E-state index in [1.165, 1.54) is 17.0 Å². The van der Waals surface area contributed by atoms with Crippen LogP contribution in [0.1, 0.15) is 22.3 Å². The standard InChI is InChI=1S/C24H26FN3O2/c1-16-4-9-20(17(2)14-16)21-22(27-12-10-26(3)11-13-27)24(30)28(23(21)29)15-18-5-7-19(25)8-6-18/h4-9,14H,10-13,15H2,1-3H3. The minimum absolute atomic E-state index is 0.129. The Morgan fingerprint density at radius 1 is 0.900 bits per heavy atom. The quantitative estimate of drug-likeness (QED) is 0.731. The molecule has 4 rings (SSSR count). The molecule has 2 aromatic rings. The van der Waals surface area contributed by atoms with Gasteiger partial charge in [0.15, 0.2) is 0 Å². The smallest absolute Gasteiger partial charge is 0.278 e. The summed E-state index contributed by atoms with van der Waals surface area (Å²) in [5.41, 5.74) is 4.57. The zero-order chi connectivity index (χ0) is 21.4. The molecule has 2 amide bonds. The molecule has 0 aliphatic carbocycles. The number of aryl methyl sites for hydroxylation is 2. The highest BCUT2D eigenvalue weighted by Gasteiger charge is 2.42. The van der Waals surface area contributed by atoms with Crippen molar-refractivity contribution in [3.8, 4) is 0 Å². The monoisotopic (exact) mass is 407 g/mol. The first-order valence-electron chi connectivity index (χ1n) is 10.2. The van der Waals surface area contributed by atoms with Crippen LogP contribution in [0.25, 0.3) is 5.57 Å². The minimum Gasteiger partial charge on any atom is -0.364 e. The normalized spacial score (nSPS) is 18.0. The fourth-order valence-electron chi connectivity index (χ4n) is 4.14. The maximum absolute atomic E-state index is 13.5. The van der Waals surface area contributed by atoms with Crippen LogP contribution in [0.2, 0.25) is 0 Å².